The van der Waals surface area contributed by atoms with Gasteiger partial charge in [-0.25, -0.2) is 0 Å². The molecule has 0 saturated heterocycles. The second kappa shape index (κ2) is 6.70. The Balaban J connectivity index is 2.37. The Morgan fingerprint density at radius 1 is 1.67 bits per heavy atom. The van der Waals surface area contributed by atoms with Crippen molar-refractivity contribution in [2.45, 2.75) is 26.4 Å². The Bertz CT molecular complexity index is 416. The molecule has 0 fully saturated rings. The Morgan fingerprint density at radius 3 is 3.00 bits per heavy atom. The highest BCUT2D eigenvalue weighted by Crippen LogP contribution is 2.13. The van der Waals surface area contributed by atoms with Gasteiger partial charge in [0.25, 0.3) is 5.91 Å². The number of aromatic nitrogens is 2. The topological polar surface area (TPSA) is 110 Å². The van der Waals surface area contributed by atoms with Gasteiger partial charge in [-0.05, 0) is 20.3 Å². The van der Waals surface area contributed by atoms with E-state index in [1.807, 2.05) is 13.8 Å². The smallest absolute Gasteiger partial charge is 0.319 e. The Hall–Kier alpha value is -1.96. The summed E-state index contributed by atoms with van der Waals surface area (Å²) in [4.78, 5) is 21.5. The van der Waals surface area contributed by atoms with Crippen molar-refractivity contribution in [2.75, 3.05) is 13.2 Å². The van der Waals surface area contributed by atoms with Crippen LogP contribution in [0.1, 0.15) is 30.8 Å². The van der Waals surface area contributed by atoms with Gasteiger partial charge >= 0.3 is 5.69 Å². The maximum atomic E-state index is 11.6. The van der Waals surface area contributed by atoms with E-state index in [0.717, 1.165) is 6.20 Å². The number of hydrogen-bond donors (Lipinski definition) is 2. The number of carbonyl (C=O) groups excluding carboxylic acids is 1. The lowest BCUT2D eigenvalue weighted by Gasteiger charge is -2.07. The van der Waals surface area contributed by atoms with Gasteiger partial charge in [-0.3, -0.25) is 20.0 Å². The number of amides is 1. The van der Waals surface area contributed by atoms with Gasteiger partial charge in [-0.1, -0.05) is 0 Å². The summed E-state index contributed by atoms with van der Waals surface area (Å²) < 4.78 is 5.30. The first-order valence-electron chi connectivity index (χ1n) is 5.60. The number of nitrogens with one attached hydrogen (secondary N) is 2. The third kappa shape index (κ3) is 4.13. The molecule has 1 aromatic heterocycles. The lowest BCUT2D eigenvalue weighted by Crippen LogP contribution is -2.26. The number of nitro groups is 1. The molecule has 0 aliphatic rings. The lowest BCUT2D eigenvalue weighted by molar-refractivity contribution is -0.385. The largest absolute Gasteiger partial charge is 0.379 e. The molecule has 0 bridgehead atoms. The summed E-state index contributed by atoms with van der Waals surface area (Å²) in [6.07, 6.45) is 1.80. The van der Waals surface area contributed by atoms with Crippen molar-refractivity contribution in [3.05, 3.63) is 22.0 Å². The molecular weight excluding hydrogens is 240 g/mol. The predicted octanol–water partition coefficient (Wildman–Crippen LogP) is 0.863. The van der Waals surface area contributed by atoms with Crippen molar-refractivity contribution in [1.29, 1.82) is 0 Å². The fraction of sp³-hybridized carbons (Fsp3) is 0.600. The van der Waals surface area contributed by atoms with Gasteiger partial charge in [0, 0.05) is 13.2 Å². The monoisotopic (exact) mass is 256 g/mol. The van der Waals surface area contributed by atoms with E-state index in [9.17, 15) is 14.9 Å². The number of rotatable bonds is 7. The van der Waals surface area contributed by atoms with Crippen LogP contribution in [0, 0.1) is 10.1 Å². The maximum absolute atomic E-state index is 11.6. The second-order valence-corrected chi connectivity index (χ2v) is 3.92. The minimum Gasteiger partial charge on any atom is -0.379 e. The highest BCUT2D eigenvalue weighted by molar-refractivity contribution is 5.95. The molecule has 0 atom stereocenters. The number of H-pyrrole nitrogens is 1. The standard InChI is InChI=1S/C10H16N4O4/c1-7(2)18-5-3-4-11-10(15)9-8(14(16)17)6-12-13-9/h6-7H,3-5H2,1-2H3,(H,11,15)(H,12,13). The van der Waals surface area contributed by atoms with Crippen molar-refractivity contribution in [3.8, 4) is 0 Å². The molecule has 0 aromatic carbocycles. The summed E-state index contributed by atoms with van der Waals surface area (Å²) in [6.45, 7) is 4.77. The average molecular weight is 256 g/mol. The zero-order valence-electron chi connectivity index (χ0n) is 10.3. The van der Waals surface area contributed by atoms with Gasteiger partial charge in [0.2, 0.25) is 5.69 Å². The molecule has 100 valence electrons. The van der Waals surface area contributed by atoms with E-state index in [4.69, 9.17) is 4.74 Å². The molecule has 8 nitrogen and oxygen atoms in total. The van der Waals surface area contributed by atoms with Crippen LogP contribution < -0.4 is 5.32 Å². The van der Waals surface area contributed by atoms with E-state index in [-0.39, 0.29) is 17.5 Å². The molecule has 1 aromatic rings. The van der Waals surface area contributed by atoms with Crippen molar-refractivity contribution in [2.24, 2.45) is 0 Å². The van der Waals surface area contributed by atoms with Gasteiger partial charge < -0.3 is 10.1 Å². The molecule has 0 aliphatic heterocycles. The number of carbonyl (C=O) groups is 1. The van der Waals surface area contributed by atoms with Gasteiger partial charge in [-0.15, -0.1) is 0 Å². The van der Waals surface area contributed by atoms with Crippen molar-refractivity contribution in [1.82, 2.24) is 15.5 Å². The molecular formula is C10H16N4O4. The molecule has 2 N–H and O–H groups in total. The minimum absolute atomic E-state index is 0.134. The summed E-state index contributed by atoms with van der Waals surface area (Å²) in [7, 11) is 0. The zero-order chi connectivity index (χ0) is 13.5. The van der Waals surface area contributed by atoms with E-state index in [2.05, 4.69) is 15.5 Å². The Morgan fingerprint density at radius 2 is 2.39 bits per heavy atom. The van der Waals surface area contributed by atoms with Crippen LogP contribution in [-0.2, 0) is 4.74 Å². The summed E-state index contributed by atoms with van der Waals surface area (Å²) in [5.74, 6) is -0.538. The Labute approximate surface area is 104 Å². The molecule has 0 radical (unpaired) electrons. The van der Waals surface area contributed by atoms with Crippen LogP contribution in [0.25, 0.3) is 0 Å². The van der Waals surface area contributed by atoms with Crippen molar-refractivity contribution >= 4 is 11.6 Å². The third-order valence-corrected chi connectivity index (χ3v) is 2.10. The highest BCUT2D eigenvalue weighted by Gasteiger charge is 2.22. The first-order chi connectivity index (χ1) is 8.52. The first-order valence-corrected chi connectivity index (χ1v) is 5.60. The lowest BCUT2D eigenvalue weighted by atomic mass is 10.3. The first kappa shape index (κ1) is 14.1. The fourth-order valence-electron chi connectivity index (χ4n) is 1.27. The van der Waals surface area contributed by atoms with Crippen LogP contribution in [0.5, 0.6) is 0 Å². The summed E-state index contributed by atoms with van der Waals surface area (Å²) >= 11 is 0. The van der Waals surface area contributed by atoms with E-state index < -0.39 is 10.8 Å². The van der Waals surface area contributed by atoms with Crippen LogP contribution in [0.15, 0.2) is 6.20 Å². The van der Waals surface area contributed by atoms with E-state index in [1.165, 1.54) is 0 Å². The molecule has 1 heterocycles. The minimum atomic E-state index is -0.652. The van der Waals surface area contributed by atoms with Crippen LogP contribution in [0.2, 0.25) is 0 Å². The maximum Gasteiger partial charge on any atom is 0.319 e. The Kier molecular flexibility index (Phi) is 5.25. The third-order valence-electron chi connectivity index (χ3n) is 2.10. The number of hydrogen-bond acceptors (Lipinski definition) is 5. The molecule has 18 heavy (non-hydrogen) atoms. The van der Waals surface area contributed by atoms with E-state index >= 15 is 0 Å². The number of aromatic amines is 1. The predicted molar refractivity (Wildman–Crippen MR) is 63.3 cm³/mol. The summed E-state index contributed by atoms with van der Waals surface area (Å²) in [6, 6.07) is 0. The normalized spacial score (nSPS) is 10.6. The molecule has 8 heteroatoms. The van der Waals surface area contributed by atoms with Crippen molar-refractivity contribution < 1.29 is 14.5 Å². The fourth-order valence-corrected chi connectivity index (χ4v) is 1.27. The summed E-state index contributed by atoms with van der Waals surface area (Å²) in [5.41, 5.74) is -0.462. The second-order valence-electron chi connectivity index (χ2n) is 3.92. The van der Waals surface area contributed by atoms with Gasteiger partial charge in [-0.2, -0.15) is 5.10 Å². The number of nitrogens with zero attached hydrogens (tertiary/aromatic N) is 2. The molecule has 0 aliphatic carbocycles. The summed E-state index contributed by atoms with van der Waals surface area (Å²) in [5, 5.41) is 18.9. The van der Waals surface area contributed by atoms with Gasteiger partial charge in [0.1, 0.15) is 6.20 Å². The molecule has 1 amide bonds. The zero-order valence-corrected chi connectivity index (χ0v) is 10.3. The average Bonchev–Trinajstić information content (AvgIpc) is 2.76. The van der Waals surface area contributed by atoms with Crippen LogP contribution in [-0.4, -0.2) is 40.3 Å². The molecule has 0 spiro atoms. The number of ether oxygens (including phenoxy) is 1. The molecule has 0 unspecified atom stereocenters. The van der Waals surface area contributed by atoms with Crippen LogP contribution in [0.3, 0.4) is 0 Å². The van der Waals surface area contributed by atoms with Crippen LogP contribution in [0.4, 0.5) is 5.69 Å². The van der Waals surface area contributed by atoms with Gasteiger partial charge in [0.15, 0.2) is 0 Å². The SMILES string of the molecule is CC(C)OCCCNC(=O)c1[nH]ncc1[N+](=O)[O-]. The van der Waals surface area contributed by atoms with Crippen molar-refractivity contribution in [3.63, 3.8) is 0 Å². The quantitative estimate of drug-likeness (QED) is 0.427. The van der Waals surface area contributed by atoms with E-state index in [1.54, 1.807) is 0 Å². The van der Waals surface area contributed by atoms with E-state index in [0.29, 0.717) is 19.6 Å². The molecule has 1 rings (SSSR count). The van der Waals surface area contributed by atoms with Gasteiger partial charge in [0.05, 0.1) is 11.0 Å². The highest BCUT2D eigenvalue weighted by atomic mass is 16.6. The molecule has 0 saturated carbocycles. The van der Waals surface area contributed by atoms with Crippen LogP contribution >= 0.6 is 0 Å².